The number of methoxy groups -OCH3 is 1. The van der Waals surface area contributed by atoms with Crippen LogP contribution in [0.25, 0.3) is 0 Å². The Labute approximate surface area is 165 Å². The number of nitrogens with zero attached hydrogens (tertiary/aromatic N) is 1. The second-order valence-corrected chi connectivity index (χ2v) is 6.98. The fourth-order valence-electron chi connectivity index (χ4n) is 2.86. The summed E-state index contributed by atoms with van der Waals surface area (Å²) in [5, 5.41) is 2.83. The van der Waals surface area contributed by atoms with E-state index in [1.807, 2.05) is 38.1 Å². The van der Waals surface area contributed by atoms with E-state index in [1.165, 1.54) is 11.0 Å². The van der Waals surface area contributed by atoms with Crippen LogP contribution in [-0.2, 0) is 22.6 Å². The number of halogens is 1. The normalized spacial score (nSPS) is 11.8. The maximum atomic E-state index is 14.0. The van der Waals surface area contributed by atoms with Gasteiger partial charge in [0.15, 0.2) is 0 Å². The summed E-state index contributed by atoms with van der Waals surface area (Å²) in [6.07, 6.45) is -0.115. The second-order valence-electron chi connectivity index (χ2n) is 6.98. The van der Waals surface area contributed by atoms with Gasteiger partial charge in [0, 0.05) is 12.6 Å². The molecule has 0 spiro atoms. The lowest BCUT2D eigenvalue weighted by molar-refractivity contribution is -0.140. The first kappa shape index (κ1) is 21.4. The lowest BCUT2D eigenvalue weighted by Gasteiger charge is -2.29. The molecule has 0 saturated carbocycles. The average molecular weight is 386 g/mol. The van der Waals surface area contributed by atoms with Gasteiger partial charge in [0.1, 0.15) is 17.6 Å². The molecule has 0 bridgehead atoms. The second kappa shape index (κ2) is 9.88. The van der Waals surface area contributed by atoms with E-state index in [0.717, 1.165) is 5.56 Å². The van der Waals surface area contributed by atoms with Crippen LogP contribution in [0.5, 0.6) is 5.75 Å². The van der Waals surface area contributed by atoms with E-state index >= 15 is 0 Å². The average Bonchev–Trinajstić information content (AvgIpc) is 2.67. The molecule has 0 fully saturated rings. The molecule has 0 aliphatic heterocycles. The van der Waals surface area contributed by atoms with E-state index in [0.29, 0.717) is 11.3 Å². The third-order valence-electron chi connectivity index (χ3n) is 4.38. The van der Waals surface area contributed by atoms with Crippen LogP contribution in [0.4, 0.5) is 4.39 Å². The Kier molecular flexibility index (Phi) is 7.55. The number of nitrogens with one attached hydrogen (secondary N) is 1. The van der Waals surface area contributed by atoms with E-state index in [-0.39, 0.29) is 30.8 Å². The van der Waals surface area contributed by atoms with E-state index in [2.05, 4.69) is 5.32 Å². The van der Waals surface area contributed by atoms with Crippen molar-refractivity contribution in [3.63, 3.8) is 0 Å². The standard InChI is InChI=1S/C22H27FN2O3/c1-15(2)24-22(27)16(3)25(14-17-8-7-10-19(12-17)28-4)21(26)13-18-9-5-6-11-20(18)23/h5-12,15-16H,13-14H2,1-4H3,(H,24,27)/t16-/m0/s1. The number of hydrogen-bond acceptors (Lipinski definition) is 3. The van der Waals surface area contributed by atoms with Crippen molar-refractivity contribution in [1.29, 1.82) is 0 Å². The van der Waals surface area contributed by atoms with Crippen LogP contribution in [-0.4, -0.2) is 35.9 Å². The molecule has 2 aromatic rings. The van der Waals surface area contributed by atoms with E-state index in [4.69, 9.17) is 4.74 Å². The summed E-state index contributed by atoms with van der Waals surface area (Å²) in [6, 6.07) is 12.7. The highest BCUT2D eigenvalue weighted by Gasteiger charge is 2.27. The van der Waals surface area contributed by atoms with Gasteiger partial charge in [-0.1, -0.05) is 30.3 Å². The Bertz CT molecular complexity index is 823. The van der Waals surface area contributed by atoms with Crippen molar-refractivity contribution >= 4 is 11.8 Å². The fourth-order valence-corrected chi connectivity index (χ4v) is 2.86. The van der Waals surface area contributed by atoms with Crippen molar-refractivity contribution in [1.82, 2.24) is 10.2 Å². The third-order valence-corrected chi connectivity index (χ3v) is 4.38. The predicted molar refractivity (Wildman–Crippen MR) is 106 cm³/mol. The Morgan fingerprint density at radius 3 is 2.46 bits per heavy atom. The van der Waals surface area contributed by atoms with Gasteiger partial charge in [-0.05, 0) is 50.1 Å². The summed E-state index contributed by atoms with van der Waals surface area (Å²) in [7, 11) is 1.57. The number of rotatable bonds is 8. The maximum absolute atomic E-state index is 14.0. The molecular weight excluding hydrogens is 359 g/mol. The van der Waals surface area contributed by atoms with Gasteiger partial charge in [0.25, 0.3) is 0 Å². The van der Waals surface area contributed by atoms with Crippen molar-refractivity contribution in [3.05, 3.63) is 65.5 Å². The molecule has 28 heavy (non-hydrogen) atoms. The predicted octanol–water partition coefficient (Wildman–Crippen LogP) is 3.32. The monoisotopic (exact) mass is 386 g/mol. The molecular formula is C22H27FN2O3. The molecule has 0 saturated heterocycles. The molecule has 0 aromatic heterocycles. The zero-order valence-corrected chi connectivity index (χ0v) is 16.7. The smallest absolute Gasteiger partial charge is 0.242 e. The maximum Gasteiger partial charge on any atom is 0.242 e. The van der Waals surface area contributed by atoms with Crippen LogP contribution in [0.3, 0.4) is 0 Å². The van der Waals surface area contributed by atoms with Crippen LogP contribution in [0, 0.1) is 5.82 Å². The molecule has 2 rings (SSSR count). The summed E-state index contributed by atoms with van der Waals surface area (Å²) in [5.41, 5.74) is 1.13. The highest BCUT2D eigenvalue weighted by Crippen LogP contribution is 2.18. The molecule has 0 unspecified atom stereocenters. The molecule has 5 nitrogen and oxygen atoms in total. The fraction of sp³-hybridized carbons (Fsp3) is 0.364. The summed E-state index contributed by atoms with van der Waals surface area (Å²) < 4.78 is 19.2. The summed E-state index contributed by atoms with van der Waals surface area (Å²) in [5.74, 6) is -0.339. The number of benzene rings is 2. The lowest BCUT2D eigenvalue weighted by atomic mass is 10.1. The van der Waals surface area contributed by atoms with Gasteiger partial charge in [-0.2, -0.15) is 0 Å². The van der Waals surface area contributed by atoms with E-state index in [1.54, 1.807) is 32.2 Å². The number of carbonyl (C=O) groups excluding carboxylic acids is 2. The molecule has 6 heteroatoms. The van der Waals surface area contributed by atoms with Gasteiger partial charge in [0.05, 0.1) is 13.5 Å². The zero-order valence-electron chi connectivity index (χ0n) is 16.7. The minimum Gasteiger partial charge on any atom is -0.497 e. The first-order valence-corrected chi connectivity index (χ1v) is 9.28. The summed E-state index contributed by atoms with van der Waals surface area (Å²) in [6.45, 7) is 5.62. The van der Waals surface area contributed by atoms with Crippen molar-refractivity contribution in [3.8, 4) is 5.75 Å². The first-order chi connectivity index (χ1) is 13.3. The van der Waals surface area contributed by atoms with Crippen LogP contribution in [0.15, 0.2) is 48.5 Å². The Hall–Kier alpha value is -2.89. The van der Waals surface area contributed by atoms with Crippen LogP contribution < -0.4 is 10.1 Å². The van der Waals surface area contributed by atoms with Gasteiger partial charge < -0.3 is 15.0 Å². The quantitative estimate of drug-likeness (QED) is 0.757. The molecule has 1 N–H and O–H groups in total. The minimum atomic E-state index is -0.701. The van der Waals surface area contributed by atoms with Crippen molar-refractivity contribution in [2.45, 2.75) is 45.8 Å². The number of amides is 2. The van der Waals surface area contributed by atoms with E-state index in [9.17, 15) is 14.0 Å². The topological polar surface area (TPSA) is 58.6 Å². The van der Waals surface area contributed by atoms with Gasteiger partial charge in [-0.15, -0.1) is 0 Å². The molecule has 0 radical (unpaired) electrons. The molecule has 0 aliphatic rings. The van der Waals surface area contributed by atoms with Gasteiger partial charge in [-0.3, -0.25) is 9.59 Å². The molecule has 2 amide bonds. The summed E-state index contributed by atoms with van der Waals surface area (Å²) >= 11 is 0. The molecule has 0 aliphatic carbocycles. The Morgan fingerprint density at radius 1 is 1.11 bits per heavy atom. The SMILES string of the molecule is COc1cccc(CN(C(=O)Cc2ccccc2F)[C@@H](C)C(=O)NC(C)C)c1. The highest BCUT2D eigenvalue weighted by atomic mass is 19.1. The molecule has 150 valence electrons. The van der Waals surface area contributed by atoms with Crippen molar-refractivity contribution < 1.29 is 18.7 Å². The van der Waals surface area contributed by atoms with Crippen molar-refractivity contribution in [2.75, 3.05) is 7.11 Å². The first-order valence-electron chi connectivity index (χ1n) is 9.28. The number of ether oxygens (including phenoxy) is 1. The molecule has 2 aromatic carbocycles. The number of hydrogen-bond donors (Lipinski definition) is 1. The van der Waals surface area contributed by atoms with Crippen LogP contribution in [0.1, 0.15) is 31.9 Å². The van der Waals surface area contributed by atoms with Crippen LogP contribution >= 0.6 is 0 Å². The van der Waals surface area contributed by atoms with Gasteiger partial charge in [-0.25, -0.2) is 4.39 Å². The lowest BCUT2D eigenvalue weighted by Crippen LogP contribution is -2.49. The Balaban J connectivity index is 2.27. The third kappa shape index (κ3) is 5.81. The zero-order chi connectivity index (χ0) is 20.7. The molecule has 1 atom stereocenters. The largest absolute Gasteiger partial charge is 0.497 e. The van der Waals surface area contributed by atoms with Gasteiger partial charge >= 0.3 is 0 Å². The van der Waals surface area contributed by atoms with Gasteiger partial charge in [0.2, 0.25) is 11.8 Å². The highest BCUT2D eigenvalue weighted by molar-refractivity contribution is 5.88. The van der Waals surface area contributed by atoms with E-state index < -0.39 is 11.9 Å². The minimum absolute atomic E-state index is 0.0460. The summed E-state index contributed by atoms with van der Waals surface area (Å²) in [4.78, 5) is 27.0. The Morgan fingerprint density at radius 2 is 1.82 bits per heavy atom. The van der Waals surface area contributed by atoms with Crippen LogP contribution in [0.2, 0.25) is 0 Å². The number of carbonyl (C=O) groups is 2. The van der Waals surface area contributed by atoms with Crippen molar-refractivity contribution in [2.24, 2.45) is 0 Å². The molecule has 0 heterocycles.